The molecular weight excluding hydrogens is 447 g/mol. The number of benzene rings is 2. The minimum Gasteiger partial charge on any atom is -0.495 e. The predicted octanol–water partition coefficient (Wildman–Crippen LogP) is 3.76. The van der Waals surface area contributed by atoms with E-state index in [1.807, 2.05) is 24.3 Å². The number of sulfonamides is 1. The summed E-state index contributed by atoms with van der Waals surface area (Å²) in [6.45, 7) is 1.01. The number of ether oxygens (including phenoxy) is 1. The summed E-state index contributed by atoms with van der Waals surface area (Å²) >= 11 is 12.0. The second-order valence-corrected chi connectivity index (χ2v) is 9.95. The van der Waals surface area contributed by atoms with Crippen LogP contribution in [0.15, 0.2) is 47.4 Å². The highest BCUT2D eigenvalue weighted by Gasteiger charge is 2.33. The molecule has 0 bridgehead atoms. The quantitative estimate of drug-likeness (QED) is 0.668. The number of halogens is 2. The topological polar surface area (TPSA) is 75.7 Å². The number of amides is 1. The van der Waals surface area contributed by atoms with Crippen molar-refractivity contribution in [1.82, 2.24) is 9.62 Å². The number of rotatable bonds is 7. The van der Waals surface area contributed by atoms with Crippen LogP contribution in [0.25, 0.3) is 0 Å². The molecule has 1 atom stereocenters. The van der Waals surface area contributed by atoms with Gasteiger partial charge in [0, 0.05) is 24.7 Å². The number of nitrogens with one attached hydrogen (secondary N) is 1. The van der Waals surface area contributed by atoms with Crippen molar-refractivity contribution in [1.29, 1.82) is 0 Å². The molecule has 3 rings (SSSR count). The van der Waals surface area contributed by atoms with E-state index in [1.165, 1.54) is 29.6 Å². The third-order valence-corrected chi connectivity index (χ3v) is 7.55. The maximum absolute atomic E-state index is 13.0. The first kappa shape index (κ1) is 22.9. The Morgan fingerprint density at radius 2 is 1.93 bits per heavy atom. The van der Waals surface area contributed by atoms with Crippen molar-refractivity contribution >= 4 is 39.1 Å². The summed E-state index contributed by atoms with van der Waals surface area (Å²) in [6.07, 6.45) is 1.96. The Morgan fingerprint density at radius 1 is 1.20 bits per heavy atom. The number of hydrogen-bond acceptors (Lipinski definition) is 4. The minimum absolute atomic E-state index is 0.0945. The Bertz CT molecular complexity index is 997. The van der Waals surface area contributed by atoms with Crippen molar-refractivity contribution in [3.8, 4) is 5.75 Å². The van der Waals surface area contributed by atoms with E-state index in [9.17, 15) is 13.2 Å². The van der Waals surface area contributed by atoms with Gasteiger partial charge in [-0.25, -0.2) is 8.42 Å². The molecule has 9 heteroatoms. The van der Waals surface area contributed by atoms with Gasteiger partial charge in [-0.05, 0) is 55.2 Å². The van der Waals surface area contributed by atoms with Gasteiger partial charge < -0.3 is 10.1 Å². The van der Waals surface area contributed by atoms with Gasteiger partial charge in [-0.1, -0.05) is 35.3 Å². The van der Waals surface area contributed by atoms with E-state index in [-0.39, 0.29) is 28.3 Å². The molecule has 0 unspecified atom stereocenters. The highest BCUT2D eigenvalue weighted by molar-refractivity contribution is 7.89. The molecule has 0 aliphatic carbocycles. The number of piperidine rings is 1. The van der Waals surface area contributed by atoms with Crippen molar-refractivity contribution in [2.24, 2.45) is 5.92 Å². The molecule has 1 amide bonds. The third-order valence-electron chi connectivity index (χ3n) is 5.14. The Morgan fingerprint density at radius 3 is 2.60 bits per heavy atom. The van der Waals surface area contributed by atoms with E-state index in [0.717, 1.165) is 5.56 Å². The molecule has 1 aliphatic heterocycles. The van der Waals surface area contributed by atoms with Crippen LogP contribution in [0.4, 0.5) is 0 Å². The van der Waals surface area contributed by atoms with Crippen LogP contribution in [0.5, 0.6) is 5.75 Å². The normalized spacial score (nSPS) is 17.5. The molecule has 162 valence electrons. The molecule has 1 N–H and O–H groups in total. The van der Waals surface area contributed by atoms with Gasteiger partial charge in [0.15, 0.2) is 0 Å². The van der Waals surface area contributed by atoms with E-state index >= 15 is 0 Å². The van der Waals surface area contributed by atoms with E-state index in [1.54, 1.807) is 0 Å². The van der Waals surface area contributed by atoms with Gasteiger partial charge in [-0.15, -0.1) is 0 Å². The summed E-state index contributed by atoms with van der Waals surface area (Å²) in [4.78, 5) is 12.7. The molecule has 1 aliphatic rings. The second-order valence-electron chi connectivity index (χ2n) is 7.17. The first-order valence-corrected chi connectivity index (χ1v) is 11.9. The average Bonchev–Trinajstić information content (AvgIpc) is 2.75. The highest BCUT2D eigenvalue weighted by atomic mass is 35.5. The fourth-order valence-corrected chi connectivity index (χ4v) is 5.46. The Labute approximate surface area is 187 Å². The van der Waals surface area contributed by atoms with Gasteiger partial charge in [-0.3, -0.25) is 4.79 Å². The monoisotopic (exact) mass is 470 g/mol. The van der Waals surface area contributed by atoms with Crippen LogP contribution in [0.3, 0.4) is 0 Å². The standard InChI is InChI=1S/C21H24Cl2N2O4S/c1-29-20-9-8-18(13-19(20)23)30(27,28)25-12-2-3-16(14-25)21(26)24-11-10-15-4-6-17(22)7-5-15/h4-9,13,16H,2-3,10-12,14H2,1H3,(H,24,26)/t16-/m1/s1. The van der Waals surface area contributed by atoms with Gasteiger partial charge in [0.05, 0.1) is 22.9 Å². The minimum atomic E-state index is -3.74. The number of hydrogen-bond donors (Lipinski definition) is 1. The zero-order valence-electron chi connectivity index (χ0n) is 16.6. The summed E-state index contributed by atoms with van der Waals surface area (Å²) in [7, 11) is -2.27. The molecule has 1 heterocycles. The SMILES string of the molecule is COc1ccc(S(=O)(=O)N2CCC[C@@H](C(=O)NCCc3ccc(Cl)cc3)C2)cc1Cl. The lowest BCUT2D eigenvalue weighted by Crippen LogP contribution is -2.45. The maximum atomic E-state index is 13.0. The molecule has 30 heavy (non-hydrogen) atoms. The lowest BCUT2D eigenvalue weighted by molar-refractivity contribution is -0.126. The molecule has 2 aromatic rings. The van der Waals surface area contributed by atoms with Crippen LogP contribution < -0.4 is 10.1 Å². The van der Waals surface area contributed by atoms with Crippen LogP contribution in [0.1, 0.15) is 18.4 Å². The van der Waals surface area contributed by atoms with Crippen molar-refractivity contribution in [2.45, 2.75) is 24.2 Å². The van der Waals surface area contributed by atoms with Gasteiger partial charge in [0.25, 0.3) is 0 Å². The fraction of sp³-hybridized carbons (Fsp3) is 0.381. The Kier molecular flexibility index (Phi) is 7.63. The zero-order chi connectivity index (χ0) is 21.7. The van der Waals surface area contributed by atoms with Crippen LogP contribution in [-0.4, -0.2) is 45.4 Å². The van der Waals surface area contributed by atoms with Crippen LogP contribution in [0.2, 0.25) is 10.0 Å². The molecule has 0 aromatic heterocycles. The molecule has 6 nitrogen and oxygen atoms in total. The molecule has 0 radical (unpaired) electrons. The predicted molar refractivity (Wildman–Crippen MR) is 118 cm³/mol. The number of nitrogens with zero attached hydrogens (tertiary/aromatic N) is 1. The highest BCUT2D eigenvalue weighted by Crippen LogP contribution is 2.30. The van der Waals surface area contributed by atoms with E-state index in [2.05, 4.69) is 5.32 Å². The van der Waals surface area contributed by atoms with Crippen LogP contribution in [-0.2, 0) is 21.2 Å². The van der Waals surface area contributed by atoms with Crippen molar-refractivity contribution in [3.63, 3.8) is 0 Å². The van der Waals surface area contributed by atoms with Gasteiger partial charge in [0.1, 0.15) is 5.75 Å². The lowest BCUT2D eigenvalue weighted by Gasteiger charge is -2.31. The Balaban J connectivity index is 1.60. The summed E-state index contributed by atoms with van der Waals surface area (Å²) in [5.74, 6) is -0.101. The molecule has 2 aromatic carbocycles. The van der Waals surface area contributed by atoms with Crippen molar-refractivity contribution in [2.75, 3.05) is 26.7 Å². The molecule has 1 saturated heterocycles. The first-order valence-electron chi connectivity index (χ1n) is 9.67. The number of carbonyl (C=O) groups excluding carboxylic acids is 1. The molecule has 1 fully saturated rings. The van der Waals surface area contributed by atoms with Gasteiger partial charge in [-0.2, -0.15) is 4.31 Å². The largest absolute Gasteiger partial charge is 0.495 e. The van der Waals surface area contributed by atoms with Crippen LogP contribution in [0, 0.1) is 5.92 Å². The summed E-state index contributed by atoms with van der Waals surface area (Å²) < 4.78 is 32.5. The number of carbonyl (C=O) groups is 1. The summed E-state index contributed by atoms with van der Waals surface area (Å²) in [5, 5.41) is 3.82. The average molecular weight is 471 g/mol. The Hall–Kier alpha value is -1.80. The van der Waals surface area contributed by atoms with Crippen molar-refractivity contribution in [3.05, 3.63) is 58.1 Å². The first-order chi connectivity index (χ1) is 14.3. The smallest absolute Gasteiger partial charge is 0.243 e. The molecule has 0 spiro atoms. The van der Waals surface area contributed by atoms with E-state index < -0.39 is 10.0 Å². The van der Waals surface area contributed by atoms with Crippen molar-refractivity contribution < 1.29 is 17.9 Å². The van der Waals surface area contributed by atoms with Gasteiger partial charge in [0.2, 0.25) is 15.9 Å². The summed E-state index contributed by atoms with van der Waals surface area (Å²) in [6, 6.07) is 11.8. The third kappa shape index (κ3) is 5.46. The second kappa shape index (κ2) is 10.0. The summed E-state index contributed by atoms with van der Waals surface area (Å²) in [5.41, 5.74) is 1.07. The van der Waals surface area contributed by atoms with Gasteiger partial charge >= 0.3 is 0 Å². The lowest BCUT2D eigenvalue weighted by atomic mass is 9.99. The fourth-order valence-electron chi connectivity index (χ4n) is 3.46. The maximum Gasteiger partial charge on any atom is 0.243 e. The van der Waals surface area contributed by atoms with E-state index in [0.29, 0.717) is 43.1 Å². The van der Waals surface area contributed by atoms with E-state index in [4.69, 9.17) is 27.9 Å². The van der Waals surface area contributed by atoms with Crippen LogP contribution >= 0.6 is 23.2 Å². The number of methoxy groups -OCH3 is 1. The zero-order valence-corrected chi connectivity index (χ0v) is 18.9. The molecule has 0 saturated carbocycles. The molecular formula is C21H24Cl2N2O4S.